The second-order valence-electron chi connectivity index (χ2n) is 6.44. The molecule has 0 aliphatic carbocycles. The van der Waals surface area contributed by atoms with Crippen molar-refractivity contribution in [3.05, 3.63) is 65.7 Å². The lowest BCUT2D eigenvalue weighted by Crippen LogP contribution is -2.49. The van der Waals surface area contributed by atoms with E-state index in [1.54, 1.807) is 12.0 Å². The zero-order valence-electron chi connectivity index (χ0n) is 15.8. The summed E-state index contributed by atoms with van der Waals surface area (Å²) >= 11 is 0. The van der Waals surface area contributed by atoms with Crippen LogP contribution in [0.15, 0.2) is 54.6 Å². The molecule has 2 aromatic carbocycles. The molecular formula is C21H24N2O5. The van der Waals surface area contributed by atoms with Gasteiger partial charge in [0.2, 0.25) is 5.91 Å². The standard InChI is InChI=1S/C21H24N2O5/c1-26-18-9-7-16(8-10-18)13-23-11-12-27-15-19(20(23)24)22-21(25)28-14-17-5-3-2-4-6-17/h2-10,19H,11-15H2,1H3,(H,22,25)/t19-/m1/s1. The molecule has 0 bridgehead atoms. The largest absolute Gasteiger partial charge is 0.497 e. The van der Waals surface area contributed by atoms with Crippen LogP contribution in [0.5, 0.6) is 5.75 Å². The molecule has 0 spiro atoms. The number of hydrogen-bond acceptors (Lipinski definition) is 5. The minimum Gasteiger partial charge on any atom is -0.497 e. The van der Waals surface area contributed by atoms with Gasteiger partial charge in [0.25, 0.3) is 0 Å². The number of carbonyl (C=O) groups excluding carboxylic acids is 2. The van der Waals surface area contributed by atoms with Crippen molar-refractivity contribution in [1.82, 2.24) is 10.2 Å². The maximum atomic E-state index is 12.8. The Kier molecular flexibility index (Phi) is 6.86. The molecule has 1 heterocycles. The van der Waals surface area contributed by atoms with Crippen LogP contribution in [-0.2, 0) is 27.4 Å². The highest BCUT2D eigenvalue weighted by molar-refractivity contribution is 5.86. The van der Waals surface area contributed by atoms with E-state index >= 15 is 0 Å². The molecule has 0 aromatic heterocycles. The summed E-state index contributed by atoms with van der Waals surface area (Å²) in [5.41, 5.74) is 1.85. The van der Waals surface area contributed by atoms with E-state index < -0.39 is 12.1 Å². The van der Waals surface area contributed by atoms with Crippen molar-refractivity contribution in [2.75, 3.05) is 26.9 Å². The maximum absolute atomic E-state index is 12.8. The first-order valence-electron chi connectivity index (χ1n) is 9.12. The summed E-state index contributed by atoms with van der Waals surface area (Å²) in [5.74, 6) is 0.569. The second kappa shape index (κ2) is 9.75. The van der Waals surface area contributed by atoms with Crippen LogP contribution in [0.25, 0.3) is 0 Å². The van der Waals surface area contributed by atoms with Gasteiger partial charge in [0.15, 0.2) is 0 Å². The van der Waals surface area contributed by atoms with E-state index in [0.29, 0.717) is 19.7 Å². The van der Waals surface area contributed by atoms with Crippen LogP contribution < -0.4 is 10.1 Å². The zero-order chi connectivity index (χ0) is 19.8. The van der Waals surface area contributed by atoms with Crippen LogP contribution in [0.1, 0.15) is 11.1 Å². The second-order valence-corrected chi connectivity index (χ2v) is 6.44. The fourth-order valence-electron chi connectivity index (χ4n) is 2.90. The van der Waals surface area contributed by atoms with Crippen LogP contribution >= 0.6 is 0 Å². The summed E-state index contributed by atoms with van der Waals surface area (Å²) < 4.78 is 15.9. The van der Waals surface area contributed by atoms with Crippen LogP contribution in [-0.4, -0.2) is 49.8 Å². The van der Waals surface area contributed by atoms with Gasteiger partial charge < -0.3 is 24.4 Å². The van der Waals surface area contributed by atoms with E-state index in [2.05, 4.69) is 5.32 Å². The van der Waals surface area contributed by atoms with Crippen molar-refractivity contribution in [2.45, 2.75) is 19.2 Å². The Morgan fingerprint density at radius 1 is 1.14 bits per heavy atom. The smallest absolute Gasteiger partial charge is 0.408 e. The first-order valence-corrected chi connectivity index (χ1v) is 9.12. The predicted molar refractivity (Wildman–Crippen MR) is 103 cm³/mol. The number of methoxy groups -OCH3 is 1. The van der Waals surface area contributed by atoms with E-state index in [9.17, 15) is 9.59 Å². The summed E-state index contributed by atoms with van der Waals surface area (Å²) in [6.45, 7) is 1.58. The van der Waals surface area contributed by atoms with Gasteiger partial charge in [-0.3, -0.25) is 4.79 Å². The summed E-state index contributed by atoms with van der Waals surface area (Å²) in [5, 5.41) is 2.62. The molecule has 7 heteroatoms. The number of ether oxygens (including phenoxy) is 3. The van der Waals surface area contributed by atoms with Crippen LogP contribution in [0.2, 0.25) is 0 Å². The molecule has 0 radical (unpaired) electrons. The van der Waals surface area contributed by atoms with Gasteiger partial charge in [-0.05, 0) is 23.3 Å². The van der Waals surface area contributed by atoms with E-state index in [1.807, 2.05) is 54.6 Å². The van der Waals surface area contributed by atoms with Gasteiger partial charge >= 0.3 is 6.09 Å². The Morgan fingerprint density at radius 2 is 1.89 bits per heavy atom. The lowest BCUT2D eigenvalue weighted by molar-refractivity contribution is -0.133. The average Bonchev–Trinajstić information content (AvgIpc) is 2.90. The molecule has 3 rings (SSSR count). The normalized spacial score (nSPS) is 17.0. The molecule has 1 atom stereocenters. The zero-order valence-corrected chi connectivity index (χ0v) is 15.8. The summed E-state index contributed by atoms with van der Waals surface area (Å²) in [4.78, 5) is 26.6. The van der Waals surface area contributed by atoms with Gasteiger partial charge in [-0.15, -0.1) is 0 Å². The fraction of sp³-hybridized carbons (Fsp3) is 0.333. The molecule has 1 saturated heterocycles. The summed E-state index contributed by atoms with van der Waals surface area (Å²) in [7, 11) is 1.61. The molecule has 1 fully saturated rings. The first kappa shape index (κ1) is 19.7. The third kappa shape index (κ3) is 5.47. The predicted octanol–water partition coefficient (Wildman–Crippen LogP) is 2.35. The van der Waals surface area contributed by atoms with E-state index in [1.165, 1.54) is 0 Å². The van der Waals surface area contributed by atoms with E-state index in [-0.39, 0.29) is 19.1 Å². The van der Waals surface area contributed by atoms with Gasteiger partial charge in [0.1, 0.15) is 18.4 Å². The molecule has 2 amide bonds. The molecule has 0 unspecified atom stereocenters. The maximum Gasteiger partial charge on any atom is 0.408 e. The molecule has 1 aliphatic heterocycles. The molecule has 2 aromatic rings. The number of rotatable bonds is 6. The number of hydrogen-bond donors (Lipinski definition) is 1. The van der Waals surface area contributed by atoms with Gasteiger partial charge in [-0.25, -0.2) is 4.79 Å². The number of benzene rings is 2. The minimum atomic E-state index is -0.774. The third-order valence-electron chi connectivity index (χ3n) is 4.44. The molecule has 28 heavy (non-hydrogen) atoms. The van der Waals surface area contributed by atoms with Crippen molar-refractivity contribution < 1.29 is 23.8 Å². The summed E-state index contributed by atoms with van der Waals surface area (Å²) in [6, 6.07) is 16.1. The Bertz CT molecular complexity index is 779. The highest BCUT2D eigenvalue weighted by Gasteiger charge is 2.29. The summed E-state index contributed by atoms with van der Waals surface area (Å²) in [6.07, 6.45) is -0.642. The lowest BCUT2D eigenvalue weighted by Gasteiger charge is -2.24. The van der Waals surface area contributed by atoms with Crippen molar-refractivity contribution in [1.29, 1.82) is 0 Å². The molecule has 1 N–H and O–H groups in total. The lowest BCUT2D eigenvalue weighted by atomic mass is 10.2. The van der Waals surface area contributed by atoms with Crippen LogP contribution in [0.3, 0.4) is 0 Å². The Balaban J connectivity index is 1.56. The monoisotopic (exact) mass is 384 g/mol. The van der Waals surface area contributed by atoms with Gasteiger partial charge in [-0.1, -0.05) is 42.5 Å². The minimum absolute atomic E-state index is 0.123. The molecule has 148 valence electrons. The number of alkyl carbamates (subject to hydrolysis) is 1. The fourth-order valence-corrected chi connectivity index (χ4v) is 2.90. The van der Waals surface area contributed by atoms with Crippen molar-refractivity contribution in [2.24, 2.45) is 0 Å². The van der Waals surface area contributed by atoms with Crippen molar-refractivity contribution in [3.63, 3.8) is 0 Å². The van der Waals surface area contributed by atoms with Crippen molar-refractivity contribution >= 4 is 12.0 Å². The quantitative estimate of drug-likeness (QED) is 0.827. The molecular weight excluding hydrogens is 360 g/mol. The number of nitrogens with zero attached hydrogens (tertiary/aromatic N) is 1. The Hall–Kier alpha value is -3.06. The Labute approximate surface area is 164 Å². The van der Waals surface area contributed by atoms with Gasteiger partial charge in [0.05, 0.1) is 20.3 Å². The highest BCUT2D eigenvalue weighted by Crippen LogP contribution is 2.14. The van der Waals surface area contributed by atoms with E-state index in [0.717, 1.165) is 16.9 Å². The highest BCUT2D eigenvalue weighted by atomic mass is 16.5. The number of carbonyl (C=O) groups is 2. The van der Waals surface area contributed by atoms with Crippen LogP contribution in [0.4, 0.5) is 4.79 Å². The van der Waals surface area contributed by atoms with Gasteiger partial charge in [-0.2, -0.15) is 0 Å². The topological polar surface area (TPSA) is 77.1 Å². The first-order chi connectivity index (χ1) is 13.7. The van der Waals surface area contributed by atoms with Crippen molar-refractivity contribution in [3.8, 4) is 5.75 Å². The molecule has 0 saturated carbocycles. The number of amides is 2. The number of nitrogens with one attached hydrogen (secondary N) is 1. The van der Waals surface area contributed by atoms with Crippen LogP contribution in [0, 0.1) is 0 Å². The third-order valence-corrected chi connectivity index (χ3v) is 4.44. The molecule has 1 aliphatic rings. The molecule has 7 nitrogen and oxygen atoms in total. The van der Waals surface area contributed by atoms with E-state index in [4.69, 9.17) is 14.2 Å². The van der Waals surface area contributed by atoms with Gasteiger partial charge in [0, 0.05) is 13.1 Å². The SMILES string of the molecule is COc1ccc(CN2CCOC[C@@H](NC(=O)OCc3ccccc3)C2=O)cc1. The average molecular weight is 384 g/mol. The Morgan fingerprint density at radius 3 is 2.61 bits per heavy atom.